The van der Waals surface area contributed by atoms with Gasteiger partial charge in [-0.25, -0.2) is 0 Å². The fraction of sp³-hybridized carbons (Fsp3) is 0.938. The summed E-state index contributed by atoms with van der Waals surface area (Å²) >= 11 is 0. The average molecular weight is 264 g/mol. The molecule has 2 aliphatic carbocycles. The molecule has 1 heterocycles. The zero-order valence-corrected chi connectivity index (χ0v) is 12.4. The van der Waals surface area contributed by atoms with Crippen molar-refractivity contribution in [2.24, 2.45) is 17.8 Å². The largest absolute Gasteiger partial charge is 0.352 e. The summed E-state index contributed by atoms with van der Waals surface area (Å²) in [7, 11) is 0. The molecule has 0 aromatic heterocycles. The predicted octanol–water partition coefficient (Wildman–Crippen LogP) is 2.46. The monoisotopic (exact) mass is 264 g/mol. The summed E-state index contributed by atoms with van der Waals surface area (Å²) in [6.45, 7) is 5.34. The predicted molar refractivity (Wildman–Crippen MR) is 76.8 cm³/mol. The van der Waals surface area contributed by atoms with Crippen LogP contribution in [0.1, 0.15) is 58.8 Å². The normalized spacial score (nSPS) is 42.5. The number of fused-ring (bicyclic) bond motifs is 2. The van der Waals surface area contributed by atoms with Gasteiger partial charge in [-0.2, -0.15) is 0 Å². The smallest absolute Gasteiger partial charge is 0.240 e. The molecule has 0 aromatic carbocycles. The van der Waals surface area contributed by atoms with Crippen LogP contribution in [-0.4, -0.2) is 24.0 Å². The van der Waals surface area contributed by atoms with Gasteiger partial charge in [0.15, 0.2) is 0 Å². The van der Waals surface area contributed by atoms with Gasteiger partial charge in [0.1, 0.15) is 0 Å². The quantitative estimate of drug-likeness (QED) is 0.819. The molecule has 3 aliphatic rings. The standard InChI is InChI=1S/C16H28N2O/c1-3-16(7-4-8-17-16)15(19)18-11(2)14-10-12-5-6-13(14)9-12/h11-14,17H,3-10H2,1-2H3,(H,18,19). The average Bonchev–Trinajstić information content (AvgIpc) is 3.14. The van der Waals surface area contributed by atoms with Crippen LogP contribution in [0.5, 0.6) is 0 Å². The van der Waals surface area contributed by atoms with Crippen molar-refractivity contribution in [2.45, 2.75) is 70.4 Å². The summed E-state index contributed by atoms with van der Waals surface area (Å²) < 4.78 is 0. The van der Waals surface area contributed by atoms with Crippen LogP contribution < -0.4 is 10.6 Å². The summed E-state index contributed by atoms with van der Waals surface area (Å²) in [6.07, 6.45) is 8.63. The third-order valence-corrected chi connectivity index (χ3v) is 6.08. The van der Waals surface area contributed by atoms with Gasteiger partial charge in [-0.1, -0.05) is 13.3 Å². The highest BCUT2D eigenvalue weighted by Gasteiger charge is 2.44. The fourth-order valence-electron chi connectivity index (χ4n) is 4.82. The van der Waals surface area contributed by atoms with Crippen molar-refractivity contribution in [3.63, 3.8) is 0 Å². The summed E-state index contributed by atoms with van der Waals surface area (Å²) in [5.74, 6) is 2.83. The van der Waals surface area contributed by atoms with Crippen LogP contribution in [0.3, 0.4) is 0 Å². The van der Waals surface area contributed by atoms with E-state index in [1.807, 2.05) is 0 Å². The van der Waals surface area contributed by atoms with Gasteiger partial charge in [0.05, 0.1) is 5.54 Å². The summed E-state index contributed by atoms with van der Waals surface area (Å²) in [6, 6.07) is 0.355. The Morgan fingerprint density at radius 3 is 2.79 bits per heavy atom. The van der Waals surface area contributed by atoms with Gasteiger partial charge in [-0.3, -0.25) is 4.79 Å². The summed E-state index contributed by atoms with van der Waals surface area (Å²) in [4.78, 5) is 12.6. The van der Waals surface area contributed by atoms with E-state index >= 15 is 0 Å². The number of amides is 1. The van der Waals surface area contributed by atoms with E-state index in [4.69, 9.17) is 0 Å². The van der Waals surface area contributed by atoms with Crippen LogP contribution in [0.15, 0.2) is 0 Å². The Morgan fingerprint density at radius 2 is 2.26 bits per heavy atom. The third kappa shape index (κ3) is 2.31. The van der Waals surface area contributed by atoms with Gasteiger partial charge in [0, 0.05) is 6.04 Å². The van der Waals surface area contributed by atoms with Gasteiger partial charge in [0.2, 0.25) is 5.91 Å². The molecule has 5 atom stereocenters. The van der Waals surface area contributed by atoms with Crippen molar-refractivity contribution < 1.29 is 4.79 Å². The number of carbonyl (C=O) groups excluding carboxylic acids is 1. The lowest BCUT2D eigenvalue weighted by Crippen LogP contribution is -2.56. The molecular weight excluding hydrogens is 236 g/mol. The highest BCUT2D eigenvalue weighted by atomic mass is 16.2. The second-order valence-corrected chi connectivity index (χ2v) is 7.07. The molecule has 2 bridgehead atoms. The minimum atomic E-state index is -0.272. The molecule has 2 saturated carbocycles. The Kier molecular flexibility index (Phi) is 3.59. The molecule has 19 heavy (non-hydrogen) atoms. The maximum atomic E-state index is 12.6. The first kappa shape index (κ1) is 13.4. The van der Waals surface area contributed by atoms with Crippen molar-refractivity contribution in [3.05, 3.63) is 0 Å². The topological polar surface area (TPSA) is 41.1 Å². The Morgan fingerprint density at radius 1 is 1.42 bits per heavy atom. The van der Waals surface area contributed by atoms with Crippen LogP contribution >= 0.6 is 0 Å². The number of hydrogen-bond donors (Lipinski definition) is 2. The second kappa shape index (κ2) is 5.08. The van der Waals surface area contributed by atoms with E-state index in [0.717, 1.165) is 43.6 Å². The molecule has 5 unspecified atom stereocenters. The molecule has 3 heteroatoms. The van der Waals surface area contributed by atoms with Crippen LogP contribution in [0.4, 0.5) is 0 Å². The molecule has 1 aliphatic heterocycles. The summed E-state index contributed by atoms with van der Waals surface area (Å²) in [5, 5.41) is 6.78. The molecule has 0 aromatic rings. The molecule has 2 N–H and O–H groups in total. The van der Waals surface area contributed by atoms with Crippen LogP contribution in [-0.2, 0) is 4.79 Å². The molecule has 1 saturated heterocycles. The van der Waals surface area contributed by atoms with Crippen molar-refractivity contribution >= 4 is 5.91 Å². The highest BCUT2D eigenvalue weighted by molar-refractivity contribution is 5.86. The molecule has 3 rings (SSSR count). The first-order valence-electron chi connectivity index (χ1n) is 8.20. The minimum Gasteiger partial charge on any atom is -0.352 e. The zero-order chi connectivity index (χ0) is 13.5. The molecule has 1 amide bonds. The minimum absolute atomic E-state index is 0.253. The van der Waals surface area contributed by atoms with Crippen LogP contribution in [0.2, 0.25) is 0 Å². The lowest BCUT2D eigenvalue weighted by atomic mass is 9.83. The van der Waals surface area contributed by atoms with Gasteiger partial charge in [-0.15, -0.1) is 0 Å². The van der Waals surface area contributed by atoms with Crippen LogP contribution in [0, 0.1) is 17.8 Å². The Hall–Kier alpha value is -0.570. The Balaban J connectivity index is 1.60. The molecule has 3 fully saturated rings. The van der Waals surface area contributed by atoms with E-state index in [2.05, 4.69) is 24.5 Å². The summed E-state index contributed by atoms with van der Waals surface area (Å²) in [5.41, 5.74) is -0.272. The molecule has 3 nitrogen and oxygen atoms in total. The molecule has 0 spiro atoms. The first-order chi connectivity index (χ1) is 9.14. The van der Waals surface area contributed by atoms with Crippen molar-refractivity contribution in [1.82, 2.24) is 10.6 Å². The highest BCUT2D eigenvalue weighted by Crippen LogP contribution is 2.49. The Bertz CT molecular complexity index is 349. The van der Waals surface area contributed by atoms with E-state index in [0.29, 0.717) is 6.04 Å². The molecular formula is C16H28N2O. The van der Waals surface area contributed by atoms with Crippen LogP contribution in [0.25, 0.3) is 0 Å². The van der Waals surface area contributed by atoms with E-state index in [1.54, 1.807) is 0 Å². The molecule has 0 radical (unpaired) electrons. The number of hydrogen-bond acceptors (Lipinski definition) is 2. The number of nitrogens with one attached hydrogen (secondary N) is 2. The fourth-order valence-corrected chi connectivity index (χ4v) is 4.82. The van der Waals surface area contributed by atoms with Crippen molar-refractivity contribution in [3.8, 4) is 0 Å². The third-order valence-electron chi connectivity index (χ3n) is 6.08. The van der Waals surface area contributed by atoms with Crippen molar-refractivity contribution in [1.29, 1.82) is 0 Å². The van der Waals surface area contributed by atoms with E-state index < -0.39 is 0 Å². The van der Waals surface area contributed by atoms with Gasteiger partial charge in [0.25, 0.3) is 0 Å². The first-order valence-corrected chi connectivity index (χ1v) is 8.20. The maximum absolute atomic E-state index is 12.6. The van der Waals surface area contributed by atoms with Gasteiger partial charge >= 0.3 is 0 Å². The lowest BCUT2D eigenvalue weighted by molar-refractivity contribution is -0.128. The maximum Gasteiger partial charge on any atom is 0.240 e. The number of rotatable bonds is 4. The van der Waals surface area contributed by atoms with E-state index in [1.165, 1.54) is 25.7 Å². The Labute approximate surface area is 116 Å². The number of carbonyl (C=O) groups is 1. The zero-order valence-electron chi connectivity index (χ0n) is 12.4. The van der Waals surface area contributed by atoms with E-state index in [9.17, 15) is 4.79 Å². The second-order valence-electron chi connectivity index (χ2n) is 7.07. The van der Waals surface area contributed by atoms with Crippen molar-refractivity contribution in [2.75, 3.05) is 6.54 Å². The SMILES string of the molecule is CCC1(C(=O)NC(C)C2CC3CCC2C3)CCCN1. The van der Waals surface area contributed by atoms with E-state index in [-0.39, 0.29) is 11.4 Å². The van der Waals surface area contributed by atoms with Gasteiger partial charge in [-0.05, 0) is 69.7 Å². The van der Waals surface area contributed by atoms with Gasteiger partial charge < -0.3 is 10.6 Å². The molecule has 108 valence electrons. The lowest BCUT2D eigenvalue weighted by Gasteiger charge is -2.33.